The Morgan fingerprint density at radius 3 is 2.69 bits per heavy atom. The van der Waals surface area contributed by atoms with E-state index in [9.17, 15) is 13.6 Å². The molecule has 1 aliphatic rings. The Hall–Kier alpha value is -0.970. The number of carbonyl (C=O) groups excluding carboxylic acids is 1. The van der Waals surface area contributed by atoms with E-state index in [1.54, 1.807) is 6.92 Å². The third-order valence-corrected chi connectivity index (χ3v) is 3.52. The monoisotopic (exact) mass is 289 g/mol. The normalized spacial score (nSPS) is 20.6. The van der Waals surface area contributed by atoms with Crippen LogP contribution in [0.1, 0.15) is 12.0 Å². The molecule has 0 N–H and O–H groups in total. The number of nitrogens with zero attached hydrogens (tertiary/aromatic N) is 1. The lowest BCUT2D eigenvalue weighted by Crippen LogP contribution is -2.29. The van der Waals surface area contributed by atoms with Crippen molar-refractivity contribution in [3.8, 4) is 0 Å². The minimum absolute atomic E-state index is 0.230. The fourth-order valence-corrected chi connectivity index (χ4v) is 2.21. The molecule has 1 saturated heterocycles. The van der Waals surface area contributed by atoms with Crippen molar-refractivity contribution in [2.45, 2.75) is 18.2 Å². The Kier molecular flexibility index (Phi) is 2.97. The highest BCUT2D eigenvalue weighted by Crippen LogP contribution is 2.31. The second-order valence-corrected chi connectivity index (χ2v) is 4.88. The van der Waals surface area contributed by atoms with Gasteiger partial charge in [0.2, 0.25) is 5.91 Å². The van der Waals surface area contributed by atoms with E-state index in [2.05, 4.69) is 15.9 Å². The van der Waals surface area contributed by atoms with Crippen LogP contribution in [0.15, 0.2) is 12.1 Å². The van der Waals surface area contributed by atoms with Crippen molar-refractivity contribution < 1.29 is 13.6 Å². The van der Waals surface area contributed by atoms with Crippen LogP contribution in [-0.2, 0) is 4.79 Å². The SMILES string of the molecule is Cc1ccc(F)c(N2CCC(Br)C2=O)c1F. The zero-order valence-corrected chi connectivity index (χ0v) is 10.2. The maximum Gasteiger partial charge on any atom is 0.240 e. The van der Waals surface area contributed by atoms with Gasteiger partial charge in [0.05, 0.1) is 4.83 Å². The zero-order valence-electron chi connectivity index (χ0n) is 8.64. The summed E-state index contributed by atoms with van der Waals surface area (Å²) in [7, 11) is 0. The van der Waals surface area contributed by atoms with Crippen LogP contribution in [0, 0.1) is 18.6 Å². The van der Waals surface area contributed by atoms with E-state index in [-0.39, 0.29) is 16.4 Å². The first kappa shape index (κ1) is 11.5. The summed E-state index contributed by atoms with van der Waals surface area (Å²) in [5.41, 5.74) is 0.106. The molecule has 86 valence electrons. The van der Waals surface area contributed by atoms with E-state index in [1.165, 1.54) is 12.1 Å². The van der Waals surface area contributed by atoms with Crippen LogP contribution in [0.5, 0.6) is 0 Å². The Bertz CT molecular complexity index is 450. The van der Waals surface area contributed by atoms with Crippen molar-refractivity contribution in [3.05, 3.63) is 29.3 Å². The highest BCUT2D eigenvalue weighted by molar-refractivity contribution is 9.10. The summed E-state index contributed by atoms with van der Waals surface area (Å²) in [6, 6.07) is 2.54. The van der Waals surface area contributed by atoms with E-state index in [4.69, 9.17) is 0 Å². The number of carbonyl (C=O) groups is 1. The summed E-state index contributed by atoms with van der Waals surface area (Å²) in [5, 5.41) is 0. The van der Waals surface area contributed by atoms with Crippen LogP contribution in [0.4, 0.5) is 14.5 Å². The number of aryl methyl sites for hydroxylation is 1. The van der Waals surface area contributed by atoms with Crippen molar-refractivity contribution in [2.24, 2.45) is 0 Å². The standard InChI is InChI=1S/C11H10BrF2NO/c1-6-2-3-8(13)10(9(6)14)15-5-4-7(12)11(15)16/h2-3,7H,4-5H2,1H3. The van der Waals surface area contributed by atoms with Crippen LogP contribution in [0.3, 0.4) is 0 Å². The minimum atomic E-state index is -0.696. The van der Waals surface area contributed by atoms with Crippen molar-refractivity contribution in [2.75, 3.05) is 11.4 Å². The number of halogens is 3. The summed E-state index contributed by atoms with van der Waals surface area (Å²) in [5.74, 6) is -1.64. The van der Waals surface area contributed by atoms with Gasteiger partial charge in [-0.1, -0.05) is 22.0 Å². The number of anilines is 1. The molecule has 5 heteroatoms. The first-order chi connectivity index (χ1) is 7.52. The van der Waals surface area contributed by atoms with E-state index in [0.717, 1.165) is 4.90 Å². The number of amides is 1. The molecule has 1 aliphatic heterocycles. The molecule has 1 aromatic rings. The molecule has 2 rings (SSSR count). The molecular formula is C11H10BrF2NO. The zero-order chi connectivity index (χ0) is 11.9. The molecule has 0 spiro atoms. The molecule has 0 aliphatic carbocycles. The van der Waals surface area contributed by atoms with Gasteiger partial charge in [-0.3, -0.25) is 4.79 Å². The predicted molar refractivity (Wildman–Crippen MR) is 60.8 cm³/mol. The van der Waals surface area contributed by atoms with Crippen LogP contribution < -0.4 is 4.90 Å². The summed E-state index contributed by atoms with van der Waals surface area (Å²) >= 11 is 3.17. The van der Waals surface area contributed by atoms with E-state index in [1.807, 2.05) is 0 Å². The van der Waals surface area contributed by atoms with Gasteiger partial charge in [-0.05, 0) is 25.0 Å². The van der Waals surface area contributed by atoms with E-state index >= 15 is 0 Å². The van der Waals surface area contributed by atoms with Crippen molar-refractivity contribution in [1.29, 1.82) is 0 Å². The maximum atomic E-state index is 13.8. The predicted octanol–water partition coefficient (Wildman–Crippen LogP) is 2.77. The molecule has 1 fully saturated rings. The summed E-state index contributed by atoms with van der Waals surface area (Å²) < 4.78 is 27.3. The fraction of sp³-hybridized carbons (Fsp3) is 0.364. The van der Waals surface area contributed by atoms with E-state index < -0.39 is 11.6 Å². The lowest BCUT2D eigenvalue weighted by molar-refractivity contribution is -0.116. The van der Waals surface area contributed by atoms with Crippen LogP contribution in [-0.4, -0.2) is 17.3 Å². The molecular weight excluding hydrogens is 280 g/mol. The average Bonchev–Trinajstić information content (AvgIpc) is 2.56. The Balaban J connectivity index is 2.48. The third kappa shape index (κ3) is 1.73. The van der Waals surface area contributed by atoms with Gasteiger partial charge in [0.15, 0.2) is 5.82 Å². The summed E-state index contributed by atoms with van der Waals surface area (Å²) in [6.45, 7) is 1.89. The van der Waals surface area contributed by atoms with Gasteiger partial charge in [-0.2, -0.15) is 0 Å². The second kappa shape index (κ2) is 4.13. The largest absolute Gasteiger partial charge is 0.306 e. The van der Waals surface area contributed by atoms with E-state index in [0.29, 0.717) is 18.5 Å². The Morgan fingerprint density at radius 2 is 2.12 bits per heavy atom. The minimum Gasteiger partial charge on any atom is -0.306 e. The molecule has 16 heavy (non-hydrogen) atoms. The lowest BCUT2D eigenvalue weighted by Gasteiger charge is -2.18. The van der Waals surface area contributed by atoms with Crippen molar-refractivity contribution in [1.82, 2.24) is 0 Å². The van der Waals surface area contributed by atoms with Gasteiger partial charge in [-0.25, -0.2) is 8.78 Å². The van der Waals surface area contributed by atoms with Crippen LogP contribution in [0.2, 0.25) is 0 Å². The summed E-state index contributed by atoms with van der Waals surface area (Å²) in [4.78, 5) is 12.5. The van der Waals surface area contributed by atoms with Gasteiger partial charge in [0.25, 0.3) is 0 Å². The number of alkyl halides is 1. The highest BCUT2D eigenvalue weighted by atomic mass is 79.9. The highest BCUT2D eigenvalue weighted by Gasteiger charge is 2.33. The summed E-state index contributed by atoms with van der Waals surface area (Å²) in [6.07, 6.45) is 0.561. The van der Waals surface area contributed by atoms with Crippen molar-refractivity contribution in [3.63, 3.8) is 0 Å². The quantitative estimate of drug-likeness (QED) is 0.728. The molecule has 0 saturated carbocycles. The molecule has 2 nitrogen and oxygen atoms in total. The van der Waals surface area contributed by atoms with Gasteiger partial charge >= 0.3 is 0 Å². The molecule has 1 heterocycles. The molecule has 0 radical (unpaired) electrons. The van der Waals surface area contributed by atoms with Crippen LogP contribution >= 0.6 is 15.9 Å². The maximum absolute atomic E-state index is 13.8. The number of rotatable bonds is 1. The average molecular weight is 290 g/mol. The number of benzene rings is 1. The smallest absolute Gasteiger partial charge is 0.240 e. The van der Waals surface area contributed by atoms with Gasteiger partial charge in [-0.15, -0.1) is 0 Å². The Morgan fingerprint density at radius 1 is 1.44 bits per heavy atom. The topological polar surface area (TPSA) is 20.3 Å². The first-order valence-electron chi connectivity index (χ1n) is 4.92. The molecule has 1 unspecified atom stereocenters. The second-order valence-electron chi connectivity index (χ2n) is 3.77. The molecule has 1 amide bonds. The number of hydrogen-bond acceptors (Lipinski definition) is 1. The molecule has 1 atom stereocenters. The fourth-order valence-electron chi connectivity index (χ4n) is 1.76. The third-order valence-electron chi connectivity index (χ3n) is 2.67. The van der Waals surface area contributed by atoms with Gasteiger partial charge in [0, 0.05) is 6.54 Å². The Labute approximate surface area is 100 Å². The van der Waals surface area contributed by atoms with Gasteiger partial charge in [0.1, 0.15) is 11.5 Å². The van der Waals surface area contributed by atoms with Crippen molar-refractivity contribution >= 4 is 27.5 Å². The first-order valence-corrected chi connectivity index (χ1v) is 5.84. The molecule has 0 aromatic heterocycles. The lowest BCUT2D eigenvalue weighted by atomic mass is 10.2. The number of hydrogen-bond donors (Lipinski definition) is 0. The molecule has 0 bridgehead atoms. The van der Waals surface area contributed by atoms with Crippen LogP contribution in [0.25, 0.3) is 0 Å². The van der Waals surface area contributed by atoms with Gasteiger partial charge < -0.3 is 4.90 Å². The molecule has 1 aromatic carbocycles.